The van der Waals surface area contributed by atoms with Crippen LogP contribution in [0.2, 0.25) is 0 Å². The largest absolute Gasteiger partial charge is 0.480 e. The highest BCUT2D eigenvalue weighted by Gasteiger charge is 2.16. The standard InChI is InChI=1S/C14H19NO3S/c1-3-12(14(17)18)19-9-13(16)15-8-11-6-4-10(2)5-7-11/h4-7,12H,3,8-9H2,1-2H3,(H,15,16)(H,17,18). The van der Waals surface area contributed by atoms with E-state index in [4.69, 9.17) is 5.11 Å². The van der Waals surface area contributed by atoms with Crippen molar-refractivity contribution in [3.8, 4) is 0 Å². The summed E-state index contributed by atoms with van der Waals surface area (Å²) in [6.07, 6.45) is 0.519. The van der Waals surface area contributed by atoms with E-state index in [-0.39, 0.29) is 11.7 Å². The molecule has 0 aromatic heterocycles. The normalized spacial score (nSPS) is 11.9. The van der Waals surface area contributed by atoms with Crippen LogP contribution >= 0.6 is 11.8 Å². The van der Waals surface area contributed by atoms with Crippen LogP contribution in [0, 0.1) is 6.92 Å². The van der Waals surface area contributed by atoms with Gasteiger partial charge in [0.2, 0.25) is 5.91 Å². The SMILES string of the molecule is CCC(SCC(=O)NCc1ccc(C)cc1)C(=O)O. The van der Waals surface area contributed by atoms with Crippen LogP contribution in [-0.4, -0.2) is 28.0 Å². The summed E-state index contributed by atoms with van der Waals surface area (Å²) in [5.74, 6) is -0.819. The van der Waals surface area contributed by atoms with Crippen LogP contribution in [0.4, 0.5) is 0 Å². The number of nitrogens with one attached hydrogen (secondary N) is 1. The lowest BCUT2D eigenvalue weighted by Crippen LogP contribution is -2.27. The van der Waals surface area contributed by atoms with Crippen LogP contribution in [0.25, 0.3) is 0 Å². The van der Waals surface area contributed by atoms with E-state index in [1.54, 1.807) is 6.92 Å². The van der Waals surface area contributed by atoms with E-state index in [9.17, 15) is 9.59 Å². The van der Waals surface area contributed by atoms with Gasteiger partial charge in [0.25, 0.3) is 0 Å². The Hall–Kier alpha value is -1.49. The van der Waals surface area contributed by atoms with Gasteiger partial charge in [-0.05, 0) is 18.9 Å². The van der Waals surface area contributed by atoms with Crippen LogP contribution in [0.5, 0.6) is 0 Å². The van der Waals surface area contributed by atoms with Gasteiger partial charge in [0, 0.05) is 6.54 Å². The number of carbonyl (C=O) groups excluding carboxylic acids is 1. The molecular formula is C14H19NO3S. The third kappa shape index (κ3) is 5.79. The first-order valence-electron chi connectivity index (χ1n) is 6.19. The molecule has 0 saturated heterocycles. The van der Waals surface area contributed by atoms with Crippen molar-refractivity contribution in [1.82, 2.24) is 5.32 Å². The lowest BCUT2D eigenvalue weighted by Gasteiger charge is -2.09. The van der Waals surface area contributed by atoms with Gasteiger partial charge in [-0.25, -0.2) is 0 Å². The van der Waals surface area contributed by atoms with Gasteiger partial charge in [-0.2, -0.15) is 0 Å². The number of rotatable bonds is 7. The zero-order chi connectivity index (χ0) is 14.3. The Kier molecular flexibility index (Phi) is 6.42. The second kappa shape index (κ2) is 7.84. The Morgan fingerprint density at radius 3 is 2.47 bits per heavy atom. The van der Waals surface area contributed by atoms with Gasteiger partial charge in [0.1, 0.15) is 5.25 Å². The molecule has 0 radical (unpaired) electrons. The summed E-state index contributed by atoms with van der Waals surface area (Å²) in [5, 5.41) is 11.1. The Bertz CT molecular complexity index is 431. The summed E-state index contributed by atoms with van der Waals surface area (Å²) < 4.78 is 0. The Balaban J connectivity index is 2.31. The van der Waals surface area contributed by atoms with Gasteiger partial charge < -0.3 is 10.4 Å². The molecule has 0 fully saturated rings. The van der Waals surface area contributed by atoms with Gasteiger partial charge in [-0.1, -0.05) is 36.8 Å². The number of aryl methyl sites for hydroxylation is 1. The number of thioether (sulfide) groups is 1. The Morgan fingerprint density at radius 1 is 1.32 bits per heavy atom. The topological polar surface area (TPSA) is 66.4 Å². The van der Waals surface area contributed by atoms with E-state index in [1.807, 2.05) is 31.2 Å². The third-order valence-electron chi connectivity index (χ3n) is 2.67. The fourth-order valence-corrected chi connectivity index (χ4v) is 2.33. The highest BCUT2D eigenvalue weighted by atomic mass is 32.2. The quantitative estimate of drug-likeness (QED) is 0.804. The molecule has 5 heteroatoms. The minimum Gasteiger partial charge on any atom is -0.480 e. The van der Waals surface area contributed by atoms with E-state index in [1.165, 1.54) is 5.56 Å². The molecule has 0 spiro atoms. The smallest absolute Gasteiger partial charge is 0.316 e. The molecule has 1 aromatic carbocycles. The minimum atomic E-state index is -0.862. The molecule has 0 aliphatic carbocycles. The monoisotopic (exact) mass is 281 g/mol. The van der Waals surface area contributed by atoms with E-state index < -0.39 is 11.2 Å². The zero-order valence-electron chi connectivity index (χ0n) is 11.2. The molecule has 1 aromatic rings. The second-order valence-electron chi connectivity index (χ2n) is 4.31. The number of carbonyl (C=O) groups is 2. The summed E-state index contributed by atoms with van der Waals surface area (Å²) in [5.41, 5.74) is 2.21. The fourth-order valence-electron chi connectivity index (χ4n) is 1.50. The van der Waals surface area contributed by atoms with Crippen molar-refractivity contribution in [2.45, 2.75) is 32.1 Å². The molecule has 19 heavy (non-hydrogen) atoms. The van der Waals surface area contributed by atoms with Gasteiger partial charge in [-0.3, -0.25) is 9.59 Å². The van der Waals surface area contributed by atoms with Crippen LogP contribution in [0.1, 0.15) is 24.5 Å². The van der Waals surface area contributed by atoms with Crippen molar-refractivity contribution in [3.05, 3.63) is 35.4 Å². The molecular weight excluding hydrogens is 262 g/mol. The Labute approximate surface area is 117 Å². The van der Waals surface area contributed by atoms with Gasteiger partial charge in [-0.15, -0.1) is 11.8 Å². The Morgan fingerprint density at radius 2 is 1.95 bits per heavy atom. The van der Waals surface area contributed by atoms with Crippen LogP contribution in [-0.2, 0) is 16.1 Å². The molecule has 0 saturated carbocycles. The molecule has 1 atom stereocenters. The van der Waals surface area contributed by atoms with Crippen LogP contribution in [0.3, 0.4) is 0 Å². The maximum atomic E-state index is 11.6. The maximum absolute atomic E-state index is 11.6. The first kappa shape index (κ1) is 15.6. The number of hydrogen-bond donors (Lipinski definition) is 2. The van der Waals surface area contributed by atoms with Gasteiger partial charge in [0.15, 0.2) is 0 Å². The van der Waals surface area contributed by atoms with Gasteiger partial charge in [0.05, 0.1) is 5.75 Å². The minimum absolute atomic E-state index is 0.134. The summed E-state index contributed by atoms with van der Waals surface area (Å²) in [7, 11) is 0. The number of carboxylic acids is 1. The second-order valence-corrected chi connectivity index (χ2v) is 5.50. The number of carboxylic acid groups (broad SMARTS) is 1. The average Bonchev–Trinajstić information content (AvgIpc) is 2.38. The summed E-state index contributed by atoms with van der Waals surface area (Å²) in [6.45, 7) is 4.29. The molecule has 1 rings (SSSR count). The number of aliphatic carboxylic acids is 1. The van der Waals surface area contributed by atoms with Crippen molar-refractivity contribution >= 4 is 23.6 Å². The van der Waals surface area contributed by atoms with Crippen molar-refractivity contribution in [3.63, 3.8) is 0 Å². The molecule has 0 aliphatic rings. The average molecular weight is 281 g/mol. The number of benzene rings is 1. The highest BCUT2D eigenvalue weighted by molar-refractivity contribution is 8.01. The molecule has 1 amide bonds. The van der Waals surface area contributed by atoms with Crippen LogP contribution < -0.4 is 5.32 Å². The molecule has 104 valence electrons. The van der Waals surface area contributed by atoms with E-state index >= 15 is 0 Å². The summed E-state index contributed by atoms with van der Waals surface area (Å²) >= 11 is 1.16. The number of amides is 1. The van der Waals surface area contributed by atoms with Gasteiger partial charge >= 0.3 is 5.97 Å². The predicted molar refractivity (Wildman–Crippen MR) is 77.2 cm³/mol. The maximum Gasteiger partial charge on any atom is 0.316 e. The first-order chi connectivity index (χ1) is 9.02. The summed E-state index contributed by atoms with van der Waals surface area (Å²) in [6, 6.07) is 7.92. The van der Waals surface area contributed by atoms with E-state index in [0.717, 1.165) is 17.3 Å². The van der Waals surface area contributed by atoms with Crippen LogP contribution in [0.15, 0.2) is 24.3 Å². The predicted octanol–water partition coefficient (Wildman–Crippen LogP) is 2.21. The lowest BCUT2D eigenvalue weighted by molar-refractivity contribution is -0.136. The van der Waals surface area contributed by atoms with E-state index in [0.29, 0.717) is 13.0 Å². The lowest BCUT2D eigenvalue weighted by atomic mass is 10.1. The molecule has 0 heterocycles. The molecule has 1 unspecified atom stereocenters. The fraction of sp³-hybridized carbons (Fsp3) is 0.429. The molecule has 2 N–H and O–H groups in total. The highest BCUT2D eigenvalue weighted by Crippen LogP contribution is 2.14. The van der Waals surface area contributed by atoms with Crippen molar-refractivity contribution in [1.29, 1.82) is 0 Å². The number of hydrogen-bond acceptors (Lipinski definition) is 3. The first-order valence-corrected chi connectivity index (χ1v) is 7.24. The van der Waals surface area contributed by atoms with E-state index in [2.05, 4.69) is 5.32 Å². The van der Waals surface area contributed by atoms with Crippen molar-refractivity contribution < 1.29 is 14.7 Å². The molecule has 0 aliphatic heterocycles. The van der Waals surface area contributed by atoms with Crippen molar-refractivity contribution in [2.24, 2.45) is 0 Å². The summed E-state index contributed by atoms with van der Waals surface area (Å²) in [4.78, 5) is 22.4. The molecule has 4 nitrogen and oxygen atoms in total. The third-order valence-corrected chi connectivity index (χ3v) is 4.04. The zero-order valence-corrected chi connectivity index (χ0v) is 12.0. The van der Waals surface area contributed by atoms with Crippen molar-refractivity contribution in [2.75, 3.05) is 5.75 Å². The molecule has 0 bridgehead atoms.